The summed E-state index contributed by atoms with van der Waals surface area (Å²) in [7, 11) is 0. The summed E-state index contributed by atoms with van der Waals surface area (Å²) < 4.78 is 16.4. The van der Waals surface area contributed by atoms with Crippen molar-refractivity contribution in [3.8, 4) is 0 Å². The second-order valence-electron chi connectivity index (χ2n) is 4.88. The predicted octanol–water partition coefficient (Wildman–Crippen LogP) is 1.76. The fourth-order valence-corrected chi connectivity index (χ4v) is 2.09. The number of aromatic nitrogens is 2. The van der Waals surface area contributed by atoms with Crippen molar-refractivity contribution in [2.24, 2.45) is 0 Å². The van der Waals surface area contributed by atoms with Crippen LogP contribution in [0.2, 0.25) is 0 Å². The second-order valence-corrected chi connectivity index (χ2v) is 4.88. The van der Waals surface area contributed by atoms with Gasteiger partial charge in [0.1, 0.15) is 12.4 Å². The van der Waals surface area contributed by atoms with Crippen molar-refractivity contribution in [2.45, 2.75) is 25.4 Å². The molecule has 0 unspecified atom stereocenters. The van der Waals surface area contributed by atoms with Crippen molar-refractivity contribution in [3.05, 3.63) is 53.0 Å². The van der Waals surface area contributed by atoms with Crippen LogP contribution in [0.3, 0.4) is 0 Å². The van der Waals surface area contributed by atoms with Gasteiger partial charge in [-0.2, -0.15) is 0 Å². The monoisotopic (exact) mass is 275 g/mol. The molecule has 1 saturated carbocycles. The molecule has 1 heterocycles. The predicted molar refractivity (Wildman–Crippen MR) is 72.0 cm³/mol. The van der Waals surface area contributed by atoms with Gasteiger partial charge in [-0.1, -0.05) is 12.1 Å². The zero-order valence-corrected chi connectivity index (χ0v) is 10.8. The molecule has 0 spiro atoms. The summed E-state index contributed by atoms with van der Waals surface area (Å²) >= 11 is 0. The molecule has 0 atom stereocenters. The molecule has 1 N–H and O–H groups in total. The molecule has 1 aliphatic rings. The molecular formula is C14H14FN3O2. The van der Waals surface area contributed by atoms with Crippen LogP contribution in [0, 0.1) is 5.82 Å². The molecular weight excluding hydrogens is 261 g/mol. The number of hydrogen-bond acceptors (Lipinski definition) is 2. The number of carbonyl (C=O) groups is 1. The van der Waals surface area contributed by atoms with E-state index >= 15 is 0 Å². The number of imidazole rings is 1. The largest absolute Gasteiger partial charge is 0.328 e. The number of amides is 1. The fraction of sp³-hybridized carbons (Fsp3) is 0.286. The lowest BCUT2D eigenvalue weighted by atomic mass is 10.3. The molecule has 104 valence electrons. The first-order valence-corrected chi connectivity index (χ1v) is 6.47. The molecule has 3 rings (SSSR count). The number of nitrogens with one attached hydrogen (secondary N) is 1. The van der Waals surface area contributed by atoms with Gasteiger partial charge in [0.05, 0.1) is 5.69 Å². The van der Waals surface area contributed by atoms with Gasteiger partial charge in [0.2, 0.25) is 5.91 Å². The third-order valence-corrected chi connectivity index (χ3v) is 3.28. The summed E-state index contributed by atoms with van der Waals surface area (Å²) in [4.78, 5) is 23.8. The number of benzene rings is 1. The van der Waals surface area contributed by atoms with Gasteiger partial charge >= 0.3 is 5.69 Å². The van der Waals surface area contributed by atoms with Crippen molar-refractivity contribution in [1.82, 2.24) is 9.13 Å². The normalized spacial score (nSPS) is 14.2. The number of carbonyl (C=O) groups excluding carboxylic acids is 1. The summed E-state index contributed by atoms with van der Waals surface area (Å²) in [5, 5.41) is 2.46. The smallest absolute Gasteiger partial charge is 0.322 e. The third-order valence-electron chi connectivity index (χ3n) is 3.28. The lowest BCUT2D eigenvalue weighted by Crippen LogP contribution is -2.29. The summed E-state index contributed by atoms with van der Waals surface area (Å²) in [5.41, 5.74) is -0.0802. The summed E-state index contributed by atoms with van der Waals surface area (Å²) in [6.07, 6.45) is 5.29. The quantitative estimate of drug-likeness (QED) is 0.924. The molecule has 1 aromatic heterocycles. The molecule has 20 heavy (non-hydrogen) atoms. The molecule has 0 radical (unpaired) electrons. The van der Waals surface area contributed by atoms with Gasteiger partial charge in [-0.25, -0.2) is 9.18 Å². The van der Waals surface area contributed by atoms with Crippen molar-refractivity contribution in [2.75, 3.05) is 5.32 Å². The minimum atomic E-state index is -0.497. The Kier molecular flexibility index (Phi) is 3.14. The molecule has 0 aliphatic heterocycles. The van der Waals surface area contributed by atoms with E-state index in [4.69, 9.17) is 0 Å². The Hall–Kier alpha value is -2.37. The first-order valence-electron chi connectivity index (χ1n) is 6.47. The van der Waals surface area contributed by atoms with E-state index in [2.05, 4.69) is 5.32 Å². The topological polar surface area (TPSA) is 56.0 Å². The maximum absolute atomic E-state index is 13.4. The first-order chi connectivity index (χ1) is 9.65. The molecule has 1 aromatic carbocycles. The van der Waals surface area contributed by atoms with Gasteiger partial charge < -0.3 is 5.32 Å². The summed E-state index contributed by atoms with van der Waals surface area (Å²) in [6.45, 7) is -0.118. The number of halogens is 1. The van der Waals surface area contributed by atoms with Crippen LogP contribution >= 0.6 is 0 Å². The minimum absolute atomic E-state index is 0.118. The fourth-order valence-electron chi connectivity index (χ4n) is 2.09. The van der Waals surface area contributed by atoms with E-state index in [1.165, 1.54) is 16.7 Å². The van der Waals surface area contributed by atoms with Crippen LogP contribution in [0.1, 0.15) is 18.9 Å². The van der Waals surface area contributed by atoms with Crippen molar-refractivity contribution in [1.29, 1.82) is 0 Å². The van der Waals surface area contributed by atoms with Crippen molar-refractivity contribution < 1.29 is 9.18 Å². The van der Waals surface area contributed by atoms with Gasteiger partial charge in [-0.05, 0) is 25.0 Å². The maximum Gasteiger partial charge on any atom is 0.328 e. The number of anilines is 1. The average Bonchev–Trinajstić information content (AvgIpc) is 3.19. The van der Waals surface area contributed by atoms with E-state index < -0.39 is 11.7 Å². The van der Waals surface area contributed by atoms with Crippen LogP contribution in [-0.4, -0.2) is 15.0 Å². The van der Waals surface area contributed by atoms with Gasteiger partial charge in [0.25, 0.3) is 0 Å². The van der Waals surface area contributed by atoms with Gasteiger partial charge in [0.15, 0.2) is 0 Å². The molecule has 1 fully saturated rings. The molecule has 1 aliphatic carbocycles. The van der Waals surface area contributed by atoms with Crippen LogP contribution in [0.5, 0.6) is 0 Å². The zero-order chi connectivity index (χ0) is 14.1. The lowest BCUT2D eigenvalue weighted by Gasteiger charge is -2.06. The highest BCUT2D eigenvalue weighted by atomic mass is 19.1. The van der Waals surface area contributed by atoms with Crippen LogP contribution in [0.25, 0.3) is 0 Å². The second kappa shape index (κ2) is 4.96. The molecule has 6 heteroatoms. The van der Waals surface area contributed by atoms with E-state index in [0.717, 1.165) is 12.8 Å². The SMILES string of the molecule is O=C(Cn1ccn(C2CC2)c1=O)Nc1ccccc1F. The van der Waals surface area contributed by atoms with Crippen LogP contribution < -0.4 is 11.0 Å². The Balaban J connectivity index is 1.70. The molecule has 5 nitrogen and oxygen atoms in total. The highest BCUT2D eigenvalue weighted by molar-refractivity contribution is 5.90. The van der Waals surface area contributed by atoms with E-state index in [-0.39, 0.29) is 24.0 Å². The van der Waals surface area contributed by atoms with E-state index in [1.54, 1.807) is 29.1 Å². The Morgan fingerprint density at radius 1 is 1.30 bits per heavy atom. The standard InChI is InChI=1S/C14H14FN3O2/c15-11-3-1-2-4-12(11)16-13(19)9-17-7-8-18(14(17)20)10-5-6-10/h1-4,7-8,10H,5-6,9H2,(H,16,19). The zero-order valence-electron chi connectivity index (χ0n) is 10.8. The van der Waals surface area contributed by atoms with Crippen LogP contribution in [0.15, 0.2) is 41.5 Å². The molecule has 1 amide bonds. The number of nitrogens with zero attached hydrogens (tertiary/aromatic N) is 2. The number of rotatable bonds is 4. The number of para-hydroxylation sites is 1. The molecule has 0 saturated heterocycles. The van der Waals surface area contributed by atoms with Crippen molar-refractivity contribution >= 4 is 11.6 Å². The van der Waals surface area contributed by atoms with Gasteiger partial charge in [-0.3, -0.25) is 13.9 Å². The summed E-state index contributed by atoms with van der Waals surface area (Å²) in [5.74, 6) is -0.922. The van der Waals surface area contributed by atoms with Crippen LogP contribution in [-0.2, 0) is 11.3 Å². The Bertz CT molecular complexity index is 700. The average molecular weight is 275 g/mol. The van der Waals surface area contributed by atoms with E-state index in [9.17, 15) is 14.0 Å². The summed E-state index contributed by atoms with van der Waals surface area (Å²) in [6, 6.07) is 6.20. The van der Waals surface area contributed by atoms with E-state index in [0.29, 0.717) is 0 Å². The Labute approximate surface area is 114 Å². The lowest BCUT2D eigenvalue weighted by molar-refractivity contribution is -0.116. The Morgan fingerprint density at radius 3 is 2.75 bits per heavy atom. The first kappa shape index (κ1) is 12.7. The highest BCUT2D eigenvalue weighted by Gasteiger charge is 2.25. The maximum atomic E-state index is 13.4. The van der Waals surface area contributed by atoms with Crippen LogP contribution in [0.4, 0.5) is 10.1 Å². The molecule has 2 aromatic rings. The molecule has 0 bridgehead atoms. The van der Waals surface area contributed by atoms with Crippen molar-refractivity contribution in [3.63, 3.8) is 0 Å². The van der Waals surface area contributed by atoms with E-state index in [1.807, 2.05) is 0 Å². The van der Waals surface area contributed by atoms with Gasteiger partial charge in [0, 0.05) is 18.4 Å². The third kappa shape index (κ3) is 2.49. The number of hydrogen-bond donors (Lipinski definition) is 1. The minimum Gasteiger partial charge on any atom is -0.322 e. The Morgan fingerprint density at radius 2 is 2.05 bits per heavy atom. The van der Waals surface area contributed by atoms with Gasteiger partial charge in [-0.15, -0.1) is 0 Å². The highest BCUT2D eigenvalue weighted by Crippen LogP contribution is 2.33.